The van der Waals surface area contributed by atoms with Crippen LogP contribution in [0.3, 0.4) is 0 Å². The molecule has 2 N–H and O–H groups in total. The largest absolute Gasteiger partial charge is 0.396 e. The third kappa shape index (κ3) is 3.07. The molecule has 1 unspecified atom stereocenters. The molecule has 2 aromatic rings. The molecule has 2 heterocycles. The van der Waals surface area contributed by atoms with Crippen molar-refractivity contribution in [2.75, 3.05) is 19.0 Å². The van der Waals surface area contributed by atoms with Crippen molar-refractivity contribution < 1.29 is 5.11 Å². The van der Waals surface area contributed by atoms with E-state index in [1.807, 2.05) is 13.4 Å². The van der Waals surface area contributed by atoms with Crippen molar-refractivity contribution in [3.05, 3.63) is 12.7 Å². The summed E-state index contributed by atoms with van der Waals surface area (Å²) in [6.45, 7) is 2.38. The molecule has 6 heteroatoms. The van der Waals surface area contributed by atoms with Crippen molar-refractivity contribution in [3.8, 4) is 0 Å². The zero-order valence-corrected chi connectivity index (χ0v) is 12.2. The Morgan fingerprint density at radius 3 is 2.80 bits per heavy atom. The molecular formula is C14H23N5O. The second-order valence-electron chi connectivity index (χ2n) is 4.96. The normalized spacial score (nSPS) is 12.8. The second-order valence-corrected chi connectivity index (χ2v) is 4.96. The molecule has 0 bridgehead atoms. The lowest BCUT2D eigenvalue weighted by Gasteiger charge is -2.17. The number of nitrogens with zero attached hydrogens (tertiary/aromatic N) is 4. The minimum absolute atomic E-state index is 0.181. The van der Waals surface area contributed by atoms with Crippen molar-refractivity contribution in [2.24, 2.45) is 0 Å². The van der Waals surface area contributed by atoms with Gasteiger partial charge in [0.15, 0.2) is 11.5 Å². The van der Waals surface area contributed by atoms with E-state index in [-0.39, 0.29) is 12.6 Å². The number of hydrogen-bond acceptors (Lipinski definition) is 5. The average molecular weight is 277 g/mol. The van der Waals surface area contributed by atoms with E-state index in [1.54, 1.807) is 6.33 Å². The number of aromatic nitrogens is 4. The maximum absolute atomic E-state index is 9.29. The van der Waals surface area contributed by atoms with Gasteiger partial charge in [0.05, 0.1) is 6.33 Å². The highest BCUT2D eigenvalue weighted by Gasteiger charge is 2.16. The average Bonchev–Trinajstić information content (AvgIpc) is 2.90. The van der Waals surface area contributed by atoms with Gasteiger partial charge < -0.3 is 15.0 Å². The number of hydrogen-bond donors (Lipinski definition) is 2. The van der Waals surface area contributed by atoms with Gasteiger partial charge in [0.25, 0.3) is 0 Å². The Labute approximate surface area is 119 Å². The van der Waals surface area contributed by atoms with Crippen molar-refractivity contribution in [2.45, 2.75) is 45.1 Å². The third-order valence-corrected chi connectivity index (χ3v) is 3.59. The summed E-state index contributed by atoms with van der Waals surface area (Å²) < 4.78 is 2.07. The van der Waals surface area contributed by atoms with Crippen molar-refractivity contribution in [3.63, 3.8) is 0 Å². The molecule has 0 fully saturated rings. The van der Waals surface area contributed by atoms with E-state index in [4.69, 9.17) is 0 Å². The molecule has 0 radical (unpaired) electrons. The first-order valence-electron chi connectivity index (χ1n) is 7.28. The molecule has 110 valence electrons. The number of anilines is 1. The number of unbranched alkanes of at least 4 members (excludes halogenated alkanes) is 2. The van der Waals surface area contributed by atoms with Crippen LogP contribution in [-0.2, 0) is 0 Å². The van der Waals surface area contributed by atoms with Crippen LogP contribution in [0.2, 0.25) is 0 Å². The van der Waals surface area contributed by atoms with Crippen LogP contribution >= 0.6 is 0 Å². The number of rotatable bonds is 8. The van der Waals surface area contributed by atoms with Crippen molar-refractivity contribution >= 4 is 17.0 Å². The number of imidazole rings is 1. The van der Waals surface area contributed by atoms with Crippen LogP contribution in [0.1, 0.15) is 45.1 Å². The van der Waals surface area contributed by atoms with E-state index in [1.165, 1.54) is 12.8 Å². The molecule has 0 aliphatic heterocycles. The summed E-state index contributed by atoms with van der Waals surface area (Å²) in [5.41, 5.74) is 1.62. The van der Waals surface area contributed by atoms with Gasteiger partial charge in [0, 0.05) is 19.7 Å². The fourth-order valence-corrected chi connectivity index (χ4v) is 2.50. The van der Waals surface area contributed by atoms with Crippen LogP contribution in [0.15, 0.2) is 12.7 Å². The molecular weight excluding hydrogens is 254 g/mol. The third-order valence-electron chi connectivity index (χ3n) is 3.59. The maximum Gasteiger partial charge on any atom is 0.165 e. The molecule has 0 aliphatic rings. The molecule has 0 spiro atoms. The van der Waals surface area contributed by atoms with Crippen LogP contribution in [0.4, 0.5) is 5.82 Å². The van der Waals surface area contributed by atoms with Gasteiger partial charge in [-0.15, -0.1) is 0 Å². The molecule has 0 saturated carbocycles. The number of nitrogens with one attached hydrogen (secondary N) is 1. The second kappa shape index (κ2) is 7.19. The Morgan fingerprint density at radius 2 is 2.10 bits per heavy atom. The Bertz CT molecular complexity index is 539. The van der Waals surface area contributed by atoms with Gasteiger partial charge in [0.1, 0.15) is 11.8 Å². The first kappa shape index (κ1) is 14.7. The SMILES string of the molecule is CCCCCC(CCO)n1cnc2c(NC)ncnc21. The molecule has 1 atom stereocenters. The van der Waals surface area contributed by atoms with Crippen LogP contribution in [0, 0.1) is 0 Å². The van der Waals surface area contributed by atoms with Gasteiger partial charge in [-0.2, -0.15) is 0 Å². The minimum Gasteiger partial charge on any atom is -0.396 e. The summed E-state index contributed by atoms with van der Waals surface area (Å²) >= 11 is 0. The standard InChI is InChI=1S/C14H23N5O/c1-3-4-5-6-11(7-8-20)19-10-18-12-13(15-2)16-9-17-14(12)19/h9-11,20H,3-8H2,1-2H3,(H,15,16,17). The van der Waals surface area contributed by atoms with E-state index < -0.39 is 0 Å². The first-order valence-corrected chi connectivity index (χ1v) is 7.28. The summed E-state index contributed by atoms with van der Waals surface area (Å²) in [7, 11) is 1.83. The molecule has 6 nitrogen and oxygen atoms in total. The van der Waals surface area contributed by atoms with Gasteiger partial charge in [0.2, 0.25) is 0 Å². The molecule has 0 saturated heterocycles. The van der Waals surface area contributed by atoms with Gasteiger partial charge in [-0.1, -0.05) is 26.2 Å². The van der Waals surface area contributed by atoms with Crippen LogP contribution in [0.5, 0.6) is 0 Å². The van der Waals surface area contributed by atoms with Crippen LogP contribution < -0.4 is 5.32 Å². The maximum atomic E-state index is 9.29. The zero-order valence-electron chi connectivity index (χ0n) is 12.2. The first-order chi connectivity index (χ1) is 9.81. The summed E-state index contributed by atoms with van der Waals surface area (Å²) in [5.74, 6) is 0.741. The topological polar surface area (TPSA) is 75.9 Å². The van der Waals surface area contributed by atoms with E-state index in [0.29, 0.717) is 0 Å². The zero-order chi connectivity index (χ0) is 14.4. The Hall–Kier alpha value is -1.69. The molecule has 2 aromatic heterocycles. The van der Waals surface area contributed by atoms with Gasteiger partial charge in [-0.25, -0.2) is 15.0 Å². The van der Waals surface area contributed by atoms with Gasteiger partial charge in [-0.05, 0) is 12.8 Å². The Kier molecular flexibility index (Phi) is 5.29. The molecule has 0 aromatic carbocycles. The predicted molar refractivity (Wildman–Crippen MR) is 79.8 cm³/mol. The minimum atomic E-state index is 0.181. The van der Waals surface area contributed by atoms with E-state index in [2.05, 4.69) is 31.8 Å². The lowest BCUT2D eigenvalue weighted by molar-refractivity contribution is 0.251. The highest BCUT2D eigenvalue weighted by Crippen LogP contribution is 2.25. The van der Waals surface area contributed by atoms with E-state index >= 15 is 0 Å². The predicted octanol–water partition coefficient (Wildman–Crippen LogP) is 2.37. The Morgan fingerprint density at radius 1 is 1.25 bits per heavy atom. The van der Waals surface area contributed by atoms with Crippen molar-refractivity contribution in [1.29, 1.82) is 0 Å². The highest BCUT2D eigenvalue weighted by molar-refractivity contribution is 5.82. The van der Waals surface area contributed by atoms with Crippen LogP contribution in [-0.4, -0.2) is 38.3 Å². The van der Waals surface area contributed by atoms with Gasteiger partial charge >= 0.3 is 0 Å². The highest BCUT2D eigenvalue weighted by atomic mass is 16.3. The van der Waals surface area contributed by atoms with Gasteiger partial charge in [-0.3, -0.25) is 0 Å². The number of aliphatic hydroxyl groups excluding tert-OH is 1. The summed E-state index contributed by atoms with van der Waals surface area (Å²) in [6, 6.07) is 0.246. The van der Waals surface area contributed by atoms with E-state index in [0.717, 1.165) is 36.2 Å². The quantitative estimate of drug-likeness (QED) is 0.724. The summed E-state index contributed by atoms with van der Waals surface area (Å²) in [5, 5.41) is 12.3. The fraction of sp³-hybridized carbons (Fsp3) is 0.643. The van der Waals surface area contributed by atoms with Crippen molar-refractivity contribution in [1.82, 2.24) is 19.5 Å². The summed E-state index contributed by atoms with van der Waals surface area (Å²) in [4.78, 5) is 12.9. The number of aliphatic hydroxyl groups is 1. The number of fused-ring (bicyclic) bond motifs is 1. The lowest BCUT2D eigenvalue weighted by atomic mass is 10.1. The summed E-state index contributed by atoms with van der Waals surface area (Å²) in [6.07, 6.45) is 8.70. The molecule has 2 rings (SSSR count). The monoisotopic (exact) mass is 277 g/mol. The fourth-order valence-electron chi connectivity index (χ4n) is 2.50. The molecule has 0 aliphatic carbocycles. The van der Waals surface area contributed by atoms with Crippen LogP contribution in [0.25, 0.3) is 11.2 Å². The molecule has 0 amide bonds. The Balaban J connectivity index is 2.28. The van der Waals surface area contributed by atoms with E-state index in [9.17, 15) is 5.11 Å². The smallest absolute Gasteiger partial charge is 0.165 e. The molecule has 20 heavy (non-hydrogen) atoms. The lowest BCUT2D eigenvalue weighted by Crippen LogP contribution is -2.11.